The lowest BCUT2D eigenvalue weighted by Gasteiger charge is -2.28. The Bertz CT molecular complexity index is 652. The molecule has 0 aromatic heterocycles. The molecule has 1 aliphatic carbocycles. The first-order valence-electron chi connectivity index (χ1n) is 8.08. The van der Waals surface area contributed by atoms with Crippen LogP contribution in [0.15, 0.2) is 24.3 Å². The normalized spacial score (nSPS) is 21.7. The summed E-state index contributed by atoms with van der Waals surface area (Å²) in [6.45, 7) is 2.87. The van der Waals surface area contributed by atoms with Gasteiger partial charge in [0, 0.05) is 6.54 Å². The van der Waals surface area contributed by atoms with Gasteiger partial charge in [0.25, 0.3) is 0 Å². The molecule has 1 aliphatic rings. The van der Waals surface area contributed by atoms with Crippen molar-refractivity contribution in [2.24, 2.45) is 5.92 Å². The average molecular weight is 336 g/mol. The molecule has 6 heteroatoms. The van der Waals surface area contributed by atoms with Crippen LogP contribution in [-0.4, -0.2) is 27.7 Å². The molecule has 0 radical (unpaired) electrons. The molecule has 0 bridgehead atoms. The Morgan fingerprint density at radius 2 is 2.13 bits per heavy atom. The SMILES string of the molecule is C[C@@H]1CCCC[C@H]1OCCNS(=O)(=O)Cc1cccc(C#N)c1. The quantitative estimate of drug-likeness (QED) is 0.776. The lowest BCUT2D eigenvalue weighted by molar-refractivity contribution is -0.00177. The minimum Gasteiger partial charge on any atom is -0.377 e. The third-order valence-electron chi connectivity index (χ3n) is 4.20. The maximum Gasteiger partial charge on any atom is 0.215 e. The van der Waals surface area contributed by atoms with E-state index in [1.807, 2.05) is 6.07 Å². The van der Waals surface area contributed by atoms with Crippen LogP contribution < -0.4 is 4.72 Å². The molecular weight excluding hydrogens is 312 g/mol. The molecule has 5 nitrogen and oxygen atoms in total. The Hall–Kier alpha value is -1.42. The standard InChI is InChI=1S/C17H24N2O3S/c1-14-5-2-3-8-17(14)22-10-9-19-23(20,21)13-16-7-4-6-15(11-16)12-18/h4,6-7,11,14,17,19H,2-3,5,8-10,13H2,1H3/t14-,17-/m1/s1. The first-order valence-corrected chi connectivity index (χ1v) is 9.73. The van der Waals surface area contributed by atoms with Crippen LogP contribution in [0.1, 0.15) is 43.7 Å². The van der Waals surface area contributed by atoms with Crippen LogP contribution in [0.5, 0.6) is 0 Å². The van der Waals surface area contributed by atoms with E-state index in [-0.39, 0.29) is 18.4 Å². The van der Waals surface area contributed by atoms with Gasteiger partial charge in [0.05, 0.1) is 30.1 Å². The number of ether oxygens (including phenoxy) is 1. The second-order valence-corrected chi connectivity index (χ2v) is 7.94. The zero-order valence-electron chi connectivity index (χ0n) is 13.5. The highest BCUT2D eigenvalue weighted by molar-refractivity contribution is 7.88. The van der Waals surface area contributed by atoms with Crippen LogP contribution in [0.25, 0.3) is 0 Å². The second-order valence-electron chi connectivity index (χ2n) is 6.14. The summed E-state index contributed by atoms with van der Waals surface area (Å²) < 4.78 is 32.5. The van der Waals surface area contributed by atoms with Gasteiger partial charge in [-0.3, -0.25) is 0 Å². The summed E-state index contributed by atoms with van der Waals surface area (Å²) in [6.07, 6.45) is 4.95. The summed E-state index contributed by atoms with van der Waals surface area (Å²) in [5, 5.41) is 8.85. The molecule has 2 rings (SSSR count). The van der Waals surface area contributed by atoms with Gasteiger partial charge in [-0.25, -0.2) is 13.1 Å². The topological polar surface area (TPSA) is 79.2 Å². The molecule has 1 aromatic carbocycles. The first kappa shape index (κ1) is 17.9. The molecule has 1 N–H and O–H groups in total. The van der Waals surface area contributed by atoms with Crippen molar-refractivity contribution in [3.05, 3.63) is 35.4 Å². The summed E-state index contributed by atoms with van der Waals surface area (Å²) in [5.74, 6) is 0.427. The molecule has 2 atom stereocenters. The fourth-order valence-corrected chi connectivity index (χ4v) is 4.05. The van der Waals surface area contributed by atoms with E-state index in [0.717, 1.165) is 6.42 Å². The fourth-order valence-electron chi connectivity index (χ4n) is 2.94. The van der Waals surface area contributed by atoms with Gasteiger partial charge in [-0.1, -0.05) is 31.9 Å². The van der Waals surface area contributed by atoms with Gasteiger partial charge in [-0.2, -0.15) is 5.26 Å². The minimum atomic E-state index is -3.42. The number of hydrogen-bond donors (Lipinski definition) is 1. The summed E-state index contributed by atoms with van der Waals surface area (Å²) >= 11 is 0. The second kappa shape index (κ2) is 8.44. The maximum atomic E-state index is 12.1. The third kappa shape index (κ3) is 5.94. The van der Waals surface area contributed by atoms with E-state index in [1.165, 1.54) is 19.3 Å². The highest BCUT2D eigenvalue weighted by atomic mass is 32.2. The predicted octanol–water partition coefficient (Wildman–Crippen LogP) is 2.57. The van der Waals surface area contributed by atoms with Crippen molar-refractivity contribution in [3.8, 4) is 6.07 Å². The number of sulfonamides is 1. The Labute approximate surface area is 138 Å². The summed E-state index contributed by atoms with van der Waals surface area (Å²) in [5.41, 5.74) is 1.07. The first-order chi connectivity index (χ1) is 11.0. The van der Waals surface area contributed by atoms with E-state index in [4.69, 9.17) is 10.00 Å². The van der Waals surface area contributed by atoms with Gasteiger partial charge in [0.2, 0.25) is 10.0 Å². The van der Waals surface area contributed by atoms with Gasteiger partial charge in [0.15, 0.2) is 0 Å². The molecule has 0 amide bonds. The van der Waals surface area contributed by atoms with Crippen molar-refractivity contribution in [1.29, 1.82) is 5.26 Å². The largest absolute Gasteiger partial charge is 0.377 e. The highest BCUT2D eigenvalue weighted by Crippen LogP contribution is 2.25. The third-order valence-corrected chi connectivity index (χ3v) is 5.56. The zero-order chi connectivity index (χ0) is 16.7. The van der Waals surface area contributed by atoms with E-state index in [9.17, 15) is 8.42 Å². The van der Waals surface area contributed by atoms with Crippen LogP contribution in [0.3, 0.4) is 0 Å². The average Bonchev–Trinajstić information content (AvgIpc) is 2.53. The molecule has 1 saturated carbocycles. The van der Waals surface area contributed by atoms with Crippen LogP contribution in [0, 0.1) is 17.2 Å². The fraction of sp³-hybridized carbons (Fsp3) is 0.588. The zero-order valence-corrected chi connectivity index (χ0v) is 14.3. The molecular formula is C17H24N2O3S. The van der Waals surface area contributed by atoms with Crippen molar-refractivity contribution < 1.29 is 13.2 Å². The Balaban J connectivity index is 1.76. The van der Waals surface area contributed by atoms with E-state index >= 15 is 0 Å². The number of nitrogens with one attached hydrogen (secondary N) is 1. The number of hydrogen-bond acceptors (Lipinski definition) is 4. The monoisotopic (exact) mass is 336 g/mol. The van der Waals surface area contributed by atoms with Crippen LogP contribution >= 0.6 is 0 Å². The van der Waals surface area contributed by atoms with Gasteiger partial charge >= 0.3 is 0 Å². The molecule has 0 saturated heterocycles. The summed E-state index contributed by atoms with van der Waals surface area (Å²) in [6, 6.07) is 8.66. The van der Waals surface area contributed by atoms with Crippen LogP contribution in [-0.2, 0) is 20.5 Å². The molecule has 1 aromatic rings. The lowest BCUT2D eigenvalue weighted by Crippen LogP contribution is -2.32. The lowest BCUT2D eigenvalue weighted by atomic mass is 9.88. The van der Waals surface area contributed by atoms with E-state index in [1.54, 1.807) is 24.3 Å². The summed E-state index contributed by atoms with van der Waals surface area (Å²) in [7, 11) is -3.42. The van der Waals surface area contributed by atoms with Crippen molar-refractivity contribution >= 4 is 10.0 Å². The number of nitrogens with zero attached hydrogens (tertiary/aromatic N) is 1. The molecule has 0 unspecified atom stereocenters. The molecule has 0 spiro atoms. The Morgan fingerprint density at radius 1 is 1.35 bits per heavy atom. The smallest absolute Gasteiger partial charge is 0.215 e. The maximum absolute atomic E-state index is 12.1. The minimum absolute atomic E-state index is 0.123. The Kier molecular flexibility index (Phi) is 6.58. The van der Waals surface area contributed by atoms with Gasteiger partial charge < -0.3 is 4.74 Å². The van der Waals surface area contributed by atoms with Gasteiger partial charge in [-0.15, -0.1) is 0 Å². The number of benzene rings is 1. The molecule has 0 heterocycles. The molecule has 126 valence electrons. The van der Waals surface area contributed by atoms with Crippen molar-refractivity contribution in [2.75, 3.05) is 13.2 Å². The molecule has 0 aliphatic heterocycles. The summed E-state index contributed by atoms with van der Waals surface area (Å²) in [4.78, 5) is 0. The van der Waals surface area contributed by atoms with Crippen LogP contribution in [0.2, 0.25) is 0 Å². The van der Waals surface area contributed by atoms with Crippen molar-refractivity contribution in [1.82, 2.24) is 4.72 Å². The molecule has 1 fully saturated rings. The van der Waals surface area contributed by atoms with E-state index < -0.39 is 10.0 Å². The van der Waals surface area contributed by atoms with Gasteiger partial charge in [0.1, 0.15) is 0 Å². The Morgan fingerprint density at radius 3 is 2.87 bits per heavy atom. The van der Waals surface area contributed by atoms with Gasteiger partial charge in [-0.05, 0) is 36.5 Å². The predicted molar refractivity (Wildman–Crippen MR) is 89.2 cm³/mol. The van der Waals surface area contributed by atoms with E-state index in [0.29, 0.717) is 23.7 Å². The van der Waals surface area contributed by atoms with Crippen molar-refractivity contribution in [3.63, 3.8) is 0 Å². The molecule has 23 heavy (non-hydrogen) atoms. The highest BCUT2D eigenvalue weighted by Gasteiger charge is 2.21. The van der Waals surface area contributed by atoms with E-state index in [2.05, 4.69) is 11.6 Å². The van der Waals surface area contributed by atoms with Crippen LogP contribution in [0.4, 0.5) is 0 Å². The van der Waals surface area contributed by atoms with Crippen molar-refractivity contribution in [2.45, 2.75) is 44.5 Å². The number of rotatable bonds is 7. The number of nitriles is 1.